The summed E-state index contributed by atoms with van der Waals surface area (Å²) >= 11 is 0. The first-order chi connectivity index (χ1) is 18.2. The number of methoxy groups -OCH3 is 2. The first-order valence-corrected chi connectivity index (χ1v) is 12.6. The summed E-state index contributed by atoms with van der Waals surface area (Å²) in [5, 5.41) is 14.6. The van der Waals surface area contributed by atoms with Crippen LogP contribution in [-0.4, -0.2) is 37.0 Å². The van der Waals surface area contributed by atoms with E-state index in [0.717, 1.165) is 11.3 Å². The normalized spacial score (nSPS) is 19.9. The van der Waals surface area contributed by atoms with Crippen molar-refractivity contribution >= 4 is 17.4 Å². The predicted molar refractivity (Wildman–Crippen MR) is 141 cm³/mol. The molecular formula is C29H32N2O7. The van der Waals surface area contributed by atoms with E-state index < -0.39 is 16.8 Å². The van der Waals surface area contributed by atoms with E-state index in [-0.39, 0.29) is 29.9 Å². The molecule has 38 heavy (non-hydrogen) atoms. The van der Waals surface area contributed by atoms with E-state index in [9.17, 15) is 19.7 Å². The maximum Gasteiger partial charge on any atom is 0.337 e. The number of nitrogens with one attached hydrogen (secondary N) is 1. The number of hydrogen-bond donors (Lipinski definition) is 1. The van der Waals surface area contributed by atoms with Gasteiger partial charge in [-0.25, -0.2) is 4.79 Å². The Labute approximate surface area is 221 Å². The van der Waals surface area contributed by atoms with Gasteiger partial charge in [0, 0.05) is 41.4 Å². The molecule has 0 unspecified atom stereocenters. The van der Waals surface area contributed by atoms with E-state index in [1.54, 1.807) is 33.3 Å². The van der Waals surface area contributed by atoms with E-state index in [4.69, 9.17) is 14.2 Å². The van der Waals surface area contributed by atoms with Crippen molar-refractivity contribution < 1.29 is 28.7 Å². The van der Waals surface area contributed by atoms with Crippen molar-refractivity contribution in [2.75, 3.05) is 14.2 Å². The van der Waals surface area contributed by atoms with E-state index in [1.807, 2.05) is 32.0 Å². The van der Waals surface area contributed by atoms with Crippen LogP contribution >= 0.6 is 0 Å². The van der Waals surface area contributed by atoms with Crippen LogP contribution in [-0.2, 0) is 14.3 Å². The van der Waals surface area contributed by atoms with Crippen molar-refractivity contribution in [2.45, 2.75) is 58.0 Å². The van der Waals surface area contributed by atoms with Crippen LogP contribution < -0.4 is 14.8 Å². The van der Waals surface area contributed by atoms with E-state index in [1.165, 1.54) is 12.1 Å². The second-order valence-corrected chi connectivity index (χ2v) is 9.60. The fourth-order valence-electron chi connectivity index (χ4n) is 5.10. The molecule has 0 aromatic heterocycles. The molecule has 2 aliphatic rings. The molecule has 2 aromatic carbocycles. The van der Waals surface area contributed by atoms with Gasteiger partial charge in [0.05, 0.1) is 30.8 Å². The lowest BCUT2D eigenvalue weighted by atomic mass is 9.71. The van der Waals surface area contributed by atoms with Gasteiger partial charge in [-0.3, -0.25) is 14.9 Å². The minimum absolute atomic E-state index is 0.0650. The number of rotatable bonds is 8. The van der Waals surface area contributed by atoms with Gasteiger partial charge in [-0.1, -0.05) is 25.1 Å². The third kappa shape index (κ3) is 5.14. The van der Waals surface area contributed by atoms with Gasteiger partial charge >= 0.3 is 5.97 Å². The van der Waals surface area contributed by atoms with Crippen molar-refractivity contribution in [1.29, 1.82) is 0 Å². The van der Waals surface area contributed by atoms with Crippen LogP contribution in [0.1, 0.15) is 63.0 Å². The van der Waals surface area contributed by atoms with Crippen molar-refractivity contribution in [3.05, 3.63) is 86.2 Å². The molecule has 3 atom stereocenters. The SMILES string of the molecule is CC[C@@H](C)OC(=O)C1=C(C)NC2=C(C(=O)C[C@H](c3ccc(OC)c(OC)c3)C2)[C@H]1c1ccc([N+](=O)[O-])cc1. The van der Waals surface area contributed by atoms with Gasteiger partial charge in [-0.05, 0) is 55.9 Å². The first-order valence-electron chi connectivity index (χ1n) is 12.6. The molecule has 9 heteroatoms. The topological polar surface area (TPSA) is 117 Å². The minimum atomic E-state index is -0.692. The molecule has 1 aliphatic heterocycles. The number of Topliss-reactive ketones (excluding diaryl/α,β-unsaturated/α-hetero) is 1. The van der Waals surface area contributed by atoms with Crippen molar-refractivity contribution in [3.63, 3.8) is 0 Å². The third-order valence-corrected chi connectivity index (χ3v) is 7.25. The van der Waals surface area contributed by atoms with Crippen LogP contribution in [0, 0.1) is 10.1 Å². The largest absolute Gasteiger partial charge is 0.493 e. The molecule has 0 spiro atoms. The third-order valence-electron chi connectivity index (χ3n) is 7.25. The molecule has 9 nitrogen and oxygen atoms in total. The molecule has 1 heterocycles. The van der Waals surface area contributed by atoms with Crippen LogP contribution in [0.25, 0.3) is 0 Å². The Kier molecular flexibility index (Phi) is 7.85. The molecule has 0 saturated carbocycles. The van der Waals surface area contributed by atoms with Crippen LogP contribution in [0.15, 0.2) is 65.0 Å². The van der Waals surface area contributed by atoms with Crippen molar-refractivity contribution in [3.8, 4) is 11.5 Å². The Morgan fingerprint density at radius 1 is 1.08 bits per heavy atom. The van der Waals surface area contributed by atoms with Gasteiger partial charge in [0.25, 0.3) is 5.69 Å². The number of carbonyl (C=O) groups is 2. The first kappa shape index (κ1) is 26.9. The summed E-state index contributed by atoms with van der Waals surface area (Å²) in [5.74, 6) is -0.202. The summed E-state index contributed by atoms with van der Waals surface area (Å²) in [5.41, 5.74) is 3.68. The molecule has 4 rings (SSSR count). The quantitative estimate of drug-likeness (QED) is 0.283. The summed E-state index contributed by atoms with van der Waals surface area (Å²) in [7, 11) is 3.14. The summed E-state index contributed by atoms with van der Waals surface area (Å²) < 4.78 is 16.5. The maximum atomic E-state index is 13.8. The monoisotopic (exact) mass is 520 g/mol. The van der Waals surface area contributed by atoms with Crippen LogP contribution in [0.3, 0.4) is 0 Å². The Morgan fingerprint density at radius 3 is 2.34 bits per heavy atom. The average molecular weight is 521 g/mol. The van der Waals surface area contributed by atoms with Gasteiger partial charge < -0.3 is 19.5 Å². The van der Waals surface area contributed by atoms with Crippen LogP contribution in [0.4, 0.5) is 5.69 Å². The average Bonchev–Trinajstić information content (AvgIpc) is 2.91. The molecule has 0 bridgehead atoms. The number of nitro groups is 1. The molecule has 200 valence electrons. The number of benzene rings is 2. The number of nitrogens with zero attached hydrogens (tertiary/aromatic N) is 1. The van der Waals surface area contributed by atoms with E-state index in [0.29, 0.717) is 46.7 Å². The highest BCUT2D eigenvalue weighted by atomic mass is 16.6. The van der Waals surface area contributed by atoms with E-state index >= 15 is 0 Å². The highest BCUT2D eigenvalue weighted by Crippen LogP contribution is 2.46. The smallest absolute Gasteiger partial charge is 0.337 e. The standard InChI is InChI=1S/C29H32N2O7/c1-6-16(2)38-29(33)26-17(3)30-22-13-20(19-9-12-24(36-4)25(15-19)37-5)14-23(32)28(22)27(26)18-7-10-21(11-8-18)31(34)35/h7-12,15-16,20,27,30H,6,13-14H2,1-5H3/t16-,20-,27+/m1/s1. The Balaban J connectivity index is 1.77. The number of non-ortho nitro benzene ring substituents is 1. The molecule has 1 aliphatic carbocycles. The molecule has 2 aromatic rings. The Bertz CT molecular complexity index is 1330. The number of dihydropyridines is 1. The van der Waals surface area contributed by atoms with E-state index in [2.05, 4.69) is 5.32 Å². The Morgan fingerprint density at radius 2 is 1.74 bits per heavy atom. The number of esters is 1. The lowest BCUT2D eigenvalue weighted by Crippen LogP contribution is -2.36. The number of carbonyl (C=O) groups excluding carboxylic acids is 2. The zero-order valence-corrected chi connectivity index (χ0v) is 22.2. The molecule has 0 amide bonds. The fraction of sp³-hybridized carbons (Fsp3) is 0.379. The van der Waals surface area contributed by atoms with Crippen molar-refractivity contribution in [2.24, 2.45) is 0 Å². The van der Waals surface area contributed by atoms with Gasteiger partial charge in [0.15, 0.2) is 17.3 Å². The predicted octanol–water partition coefficient (Wildman–Crippen LogP) is 5.32. The molecule has 0 radical (unpaired) electrons. The molecular weight excluding hydrogens is 488 g/mol. The summed E-state index contributed by atoms with van der Waals surface area (Å²) in [6.45, 7) is 5.53. The number of nitro benzene ring substituents is 1. The van der Waals surface area contributed by atoms with Gasteiger partial charge in [-0.2, -0.15) is 0 Å². The second kappa shape index (κ2) is 11.1. The molecule has 0 fully saturated rings. The number of allylic oxidation sites excluding steroid dienone is 3. The van der Waals surface area contributed by atoms with Gasteiger partial charge in [0.1, 0.15) is 0 Å². The van der Waals surface area contributed by atoms with Gasteiger partial charge in [-0.15, -0.1) is 0 Å². The summed E-state index contributed by atoms with van der Waals surface area (Å²) in [6, 6.07) is 11.6. The summed E-state index contributed by atoms with van der Waals surface area (Å²) in [4.78, 5) is 37.9. The lowest BCUT2D eigenvalue weighted by Gasteiger charge is -2.37. The van der Waals surface area contributed by atoms with Crippen LogP contribution in [0.5, 0.6) is 11.5 Å². The maximum absolute atomic E-state index is 13.8. The zero-order valence-electron chi connectivity index (χ0n) is 22.2. The summed E-state index contributed by atoms with van der Waals surface area (Å²) in [6.07, 6.45) is 1.14. The van der Waals surface area contributed by atoms with Gasteiger partial charge in [0.2, 0.25) is 0 Å². The Hall–Kier alpha value is -4.14. The molecule has 1 N–H and O–H groups in total. The lowest BCUT2D eigenvalue weighted by molar-refractivity contribution is -0.384. The minimum Gasteiger partial charge on any atom is -0.493 e. The van der Waals surface area contributed by atoms with Crippen molar-refractivity contribution in [1.82, 2.24) is 5.32 Å². The van der Waals surface area contributed by atoms with Crippen LogP contribution in [0.2, 0.25) is 0 Å². The number of ketones is 1. The highest BCUT2D eigenvalue weighted by Gasteiger charge is 2.42. The highest BCUT2D eigenvalue weighted by molar-refractivity contribution is 6.04. The molecule has 0 saturated heterocycles. The second-order valence-electron chi connectivity index (χ2n) is 9.60. The fourth-order valence-corrected chi connectivity index (χ4v) is 5.10. The number of ether oxygens (including phenoxy) is 3. The zero-order chi connectivity index (χ0) is 27.6. The number of hydrogen-bond acceptors (Lipinski definition) is 8.